The third-order valence-corrected chi connectivity index (χ3v) is 5.68. The van der Waals surface area contributed by atoms with Gasteiger partial charge in [-0.15, -0.1) is 0 Å². The van der Waals surface area contributed by atoms with E-state index in [2.05, 4.69) is 10.6 Å². The first-order chi connectivity index (χ1) is 14.1. The van der Waals surface area contributed by atoms with Crippen molar-refractivity contribution in [1.29, 1.82) is 0 Å². The molecular formula is C22H25N3O4. The minimum absolute atomic E-state index is 0.0319. The van der Waals surface area contributed by atoms with Gasteiger partial charge in [-0.2, -0.15) is 0 Å². The minimum Gasteiger partial charge on any atom is -0.457 e. The van der Waals surface area contributed by atoms with E-state index in [1.54, 1.807) is 5.48 Å². The Hall–Kier alpha value is -2.90. The van der Waals surface area contributed by atoms with Crippen molar-refractivity contribution in [3.05, 3.63) is 53.6 Å². The molecule has 7 heteroatoms. The molecule has 1 aliphatic heterocycles. The molecule has 2 atom stereocenters. The molecule has 2 unspecified atom stereocenters. The molecule has 4 rings (SSSR count). The summed E-state index contributed by atoms with van der Waals surface area (Å²) >= 11 is 0. The number of anilines is 1. The molecule has 2 amide bonds. The number of carbonyl (C=O) groups is 2. The van der Waals surface area contributed by atoms with Gasteiger partial charge in [-0.3, -0.25) is 14.8 Å². The first-order valence-electron chi connectivity index (χ1n) is 9.97. The molecule has 7 nitrogen and oxygen atoms in total. The van der Waals surface area contributed by atoms with Gasteiger partial charge in [0.2, 0.25) is 11.8 Å². The molecule has 0 radical (unpaired) electrons. The minimum atomic E-state index is -0.327. The van der Waals surface area contributed by atoms with Crippen LogP contribution >= 0.6 is 0 Å². The van der Waals surface area contributed by atoms with Gasteiger partial charge in [0.1, 0.15) is 11.5 Å². The van der Waals surface area contributed by atoms with Crippen LogP contribution in [0.4, 0.5) is 5.69 Å². The first-order valence-corrected chi connectivity index (χ1v) is 9.97. The van der Waals surface area contributed by atoms with Gasteiger partial charge in [0.25, 0.3) is 0 Å². The van der Waals surface area contributed by atoms with Crippen LogP contribution in [0.15, 0.2) is 42.5 Å². The number of hydrogen-bond donors (Lipinski definition) is 4. The third kappa shape index (κ3) is 4.58. The Morgan fingerprint density at radius 1 is 0.966 bits per heavy atom. The topological polar surface area (TPSA) is 99.7 Å². The van der Waals surface area contributed by atoms with Gasteiger partial charge < -0.3 is 15.4 Å². The smallest absolute Gasteiger partial charge is 0.246 e. The summed E-state index contributed by atoms with van der Waals surface area (Å²) in [7, 11) is 0. The molecular weight excluding hydrogens is 370 g/mol. The SMILES string of the molecule is O=C(NO)C1CCc2cc(Oc3ccc(NC(=O)C4CCNC4)cc3)ccc2C1. The van der Waals surface area contributed by atoms with Gasteiger partial charge >= 0.3 is 0 Å². The molecule has 1 saturated heterocycles. The van der Waals surface area contributed by atoms with E-state index >= 15 is 0 Å². The second kappa shape index (κ2) is 8.63. The van der Waals surface area contributed by atoms with E-state index < -0.39 is 0 Å². The van der Waals surface area contributed by atoms with E-state index in [0.717, 1.165) is 42.9 Å². The van der Waals surface area contributed by atoms with Crippen molar-refractivity contribution in [3.63, 3.8) is 0 Å². The molecule has 152 valence electrons. The Kier molecular flexibility index (Phi) is 5.78. The van der Waals surface area contributed by atoms with Crippen LogP contribution in [0, 0.1) is 11.8 Å². The molecule has 0 aromatic heterocycles. The molecule has 2 aromatic carbocycles. The molecule has 2 aliphatic rings. The van der Waals surface area contributed by atoms with Gasteiger partial charge in [0.05, 0.1) is 5.92 Å². The van der Waals surface area contributed by atoms with E-state index in [1.807, 2.05) is 42.5 Å². The van der Waals surface area contributed by atoms with Crippen molar-refractivity contribution in [2.24, 2.45) is 11.8 Å². The van der Waals surface area contributed by atoms with Crippen LogP contribution in [0.5, 0.6) is 11.5 Å². The number of hydroxylamine groups is 1. The van der Waals surface area contributed by atoms with Crippen LogP contribution in [-0.2, 0) is 22.4 Å². The molecule has 1 aliphatic carbocycles. The number of fused-ring (bicyclic) bond motifs is 1. The quantitative estimate of drug-likeness (QED) is 0.461. The van der Waals surface area contributed by atoms with Gasteiger partial charge in [-0.1, -0.05) is 6.07 Å². The summed E-state index contributed by atoms with van der Waals surface area (Å²) in [5.41, 5.74) is 4.78. The predicted octanol–water partition coefficient (Wildman–Crippen LogP) is 2.64. The Labute approximate surface area is 169 Å². The highest BCUT2D eigenvalue weighted by Gasteiger charge is 2.25. The van der Waals surface area contributed by atoms with E-state index in [9.17, 15) is 9.59 Å². The first kappa shape index (κ1) is 19.4. The second-order valence-corrected chi connectivity index (χ2v) is 7.65. The number of benzene rings is 2. The zero-order valence-electron chi connectivity index (χ0n) is 16.1. The van der Waals surface area contributed by atoms with Gasteiger partial charge in [-0.25, -0.2) is 5.48 Å². The molecule has 4 N–H and O–H groups in total. The van der Waals surface area contributed by atoms with Gasteiger partial charge in [-0.05, 0) is 79.8 Å². The van der Waals surface area contributed by atoms with Crippen molar-refractivity contribution in [1.82, 2.24) is 10.8 Å². The van der Waals surface area contributed by atoms with Crippen LogP contribution in [0.2, 0.25) is 0 Å². The second-order valence-electron chi connectivity index (χ2n) is 7.65. The maximum Gasteiger partial charge on any atom is 0.246 e. The summed E-state index contributed by atoms with van der Waals surface area (Å²) in [4.78, 5) is 23.8. The van der Waals surface area contributed by atoms with Crippen LogP contribution in [0.1, 0.15) is 24.0 Å². The Balaban J connectivity index is 1.37. The maximum atomic E-state index is 12.2. The lowest BCUT2D eigenvalue weighted by Crippen LogP contribution is -2.31. The predicted molar refractivity (Wildman–Crippen MR) is 108 cm³/mol. The lowest BCUT2D eigenvalue weighted by molar-refractivity contribution is -0.133. The Bertz CT molecular complexity index is 891. The lowest BCUT2D eigenvalue weighted by Gasteiger charge is -2.23. The molecule has 0 saturated carbocycles. The zero-order chi connectivity index (χ0) is 20.2. The normalized spacial score (nSPS) is 20.6. The summed E-state index contributed by atoms with van der Waals surface area (Å²) < 4.78 is 5.96. The summed E-state index contributed by atoms with van der Waals surface area (Å²) in [6, 6.07) is 13.2. The Morgan fingerprint density at radius 3 is 2.48 bits per heavy atom. The number of aryl methyl sites for hydroxylation is 1. The monoisotopic (exact) mass is 395 g/mol. The van der Waals surface area contributed by atoms with Crippen molar-refractivity contribution in [2.45, 2.75) is 25.7 Å². The third-order valence-electron chi connectivity index (χ3n) is 5.68. The van der Waals surface area contributed by atoms with Crippen LogP contribution < -0.4 is 20.9 Å². The highest BCUT2D eigenvalue weighted by molar-refractivity contribution is 5.92. The van der Waals surface area contributed by atoms with Gasteiger partial charge in [0.15, 0.2) is 0 Å². The molecule has 0 bridgehead atoms. The van der Waals surface area contributed by atoms with E-state index in [0.29, 0.717) is 18.6 Å². The number of nitrogens with one attached hydrogen (secondary N) is 3. The van der Waals surface area contributed by atoms with Crippen molar-refractivity contribution < 1.29 is 19.5 Å². The molecule has 0 spiro atoms. The summed E-state index contributed by atoms with van der Waals surface area (Å²) in [6.45, 7) is 1.62. The van der Waals surface area contributed by atoms with Crippen LogP contribution in [-0.4, -0.2) is 30.1 Å². The summed E-state index contributed by atoms with van der Waals surface area (Å²) in [5, 5.41) is 15.0. The average Bonchev–Trinajstić information content (AvgIpc) is 3.29. The number of hydrogen-bond acceptors (Lipinski definition) is 5. The number of rotatable bonds is 5. The van der Waals surface area contributed by atoms with Crippen LogP contribution in [0.3, 0.4) is 0 Å². The lowest BCUT2D eigenvalue weighted by atomic mass is 9.83. The molecule has 29 heavy (non-hydrogen) atoms. The van der Waals surface area contributed by atoms with Crippen molar-refractivity contribution >= 4 is 17.5 Å². The largest absolute Gasteiger partial charge is 0.457 e. The summed E-state index contributed by atoms with van der Waals surface area (Å²) in [5.74, 6) is 0.992. The fourth-order valence-corrected chi connectivity index (χ4v) is 3.98. The van der Waals surface area contributed by atoms with E-state index in [1.165, 1.54) is 5.56 Å². The molecule has 2 aromatic rings. The molecule has 1 fully saturated rings. The van der Waals surface area contributed by atoms with Crippen molar-refractivity contribution in [2.75, 3.05) is 18.4 Å². The number of ether oxygens (including phenoxy) is 1. The van der Waals surface area contributed by atoms with Gasteiger partial charge in [0, 0.05) is 18.2 Å². The maximum absolute atomic E-state index is 12.2. The number of amides is 2. The van der Waals surface area contributed by atoms with E-state index in [-0.39, 0.29) is 23.7 Å². The van der Waals surface area contributed by atoms with E-state index in [4.69, 9.17) is 9.94 Å². The highest BCUT2D eigenvalue weighted by atomic mass is 16.5. The molecule has 1 heterocycles. The van der Waals surface area contributed by atoms with Crippen molar-refractivity contribution in [3.8, 4) is 11.5 Å². The average molecular weight is 395 g/mol. The zero-order valence-corrected chi connectivity index (χ0v) is 16.1. The highest BCUT2D eigenvalue weighted by Crippen LogP contribution is 2.31. The Morgan fingerprint density at radius 2 is 1.76 bits per heavy atom. The standard InChI is InChI=1S/C22H25N3O4/c26-21(17-9-10-23-13-17)24-18-4-7-19(8-5-18)29-20-6-3-14-11-16(22(27)25-28)2-1-15(14)12-20/h3-8,12,16-17,23,28H,1-2,9-11,13H2,(H,24,26)(H,25,27). The fourth-order valence-electron chi connectivity index (χ4n) is 3.98. The number of carbonyl (C=O) groups excluding carboxylic acids is 2. The van der Waals surface area contributed by atoms with Crippen LogP contribution in [0.25, 0.3) is 0 Å². The summed E-state index contributed by atoms with van der Waals surface area (Å²) in [6.07, 6.45) is 2.96. The fraction of sp³-hybridized carbons (Fsp3) is 0.364.